The molecule has 2 aromatic rings. The second-order valence-electron chi connectivity index (χ2n) is 7.03. The number of hydrogen-bond acceptors (Lipinski definition) is 2. The van der Waals surface area contributed by atoms with Crippen LogP contribution in [0.3, 0.4) is 0 Å². The summed E-state index contributed by atoms with van der Waals surface area (Å²) < 4.78 is 0. The number of nitrogens with zero attached hydrogens (tertiary/aromatic N) is 1. The van der Waals surface area contributed by atoms with Crippen LogP contribution >= 0.6 is 0 Å². The molecule has 0 spiro atoms. The van der Waals surface area contributed by atoms with Crippen LogP contribution in [0.2, 0.25) is 0 Å². The number of likely N-dealkylation sites (tertiary alicyclic amines) is 1. The Kier molecular flexibility index (Phi) is 6.67. The van der Waals surface area contributed by atoms with E-state index >= 15 is 0 Å². The van der Waals surface area contributed by atoms with E-state index in [2.05, 4.69) is 53.8 Å². The first-order chi connectivity index (χ1) is 12.8. The smallest absolute Gasteiger partial charge is 0.317 e. The minimum absolute atomic E-state index is 0.0111. The molecule has 1 unspecified atom stereocenters. The molecule has 1 fully saturated rings. The van der Waals surface area contributed by atoms with Crippen molar-refractivity contribution in [1.82, 2.24) is 10.2 Å². The maximum atomic E-state index is 12.4. The van der Waals surface area contributed by atoms with Crippen molar-refractivity contribution in [2.75, 3.05) is 26.2 Å². The van der Waals surface area contributed by atoms with E-state index in [0.29, 0.717) is 13.1 Å². The second kappa shape index (κ2) is 9.39. The quantitative estimate of drug-likeness (QED) is 0.834. The van der Waals surface area contributed by atoms with Crippen LogP contribution in [0.25, 0.3) is 0 Å². The van der Waals surface area contributed by atoms with E-state index in [9.17, 15) is 9.90 Å². The van der Waals surface area contributed by atoms with Crippen molar-refractivity contribution in [3.63, 3.8) is 0 Å². The third kappa shape index (κ3) is 4.85. The fourth-order valence-corrected chi connectivity index (χ4v) is 3.73. The molecule has 0 aliphatic carbocycles. The summed E-state index contributed by atoms with van der Waals surface area (Å²) in [6, 6.07) is 20.9. The Morgan fingerprint density at radius 1 is 1.08 bits per heavy atom. The predicted molar refractivity (Wildman–Crippen MR) is 104 cm³/mol. The summed E-state index contributed by atoms with van der Waals surface area (Å²) in [6.45, 7) is 2.23. The number of aliphatic hydroxyl groups excluding tert-OH is 1. The Bertz CT molecular complexity index is 636. The summed E-state index contributed by atoms with van der Waals surface area (Å²) in [5.74, 6) is 0.486. The largest absolute Gasteiger partial charge is 0.396 e. The molecule has 0 aromatic heterocycles. The minimum Gasteiger partial charge on any atom is -0.396 e. The van der Waals surface area contributed by atoms with Gasteiger partial charge in [-0.25, -0.2) is 4.79 Å². The van der Waals surface area contributed by atoms with Crippen molar-refractivity contribution in [2.24, 2.45) is 5.92 Å². The van der Waals surface area contributed by atoms with E-state index in [0.717, 1.165) is 25.8 Å². The van der Waals surface area contributed by atoms with Crippen LogP contribution in [-0.2, 0) is 0 Å². The number of carbonyl (C=O) groups excluding carboxylic acids is 1. The SMILES string of the molecule is O=C(NCCC(c1ccccc1)c1ccccc1)N1CCCC(CO)C1. The zero-order chi connectivity index (χ0) is 18.2. The highest BCUT2D eigenvalue weighted by atomic mass is 16.3. The Hall–Kier alpha value is -2.33. The van der Waals surface area contributed by atoms with Crippen molar-refractivity contribution < 1.29 is 9.90 Å². The predicted octanol–water partition coefficient (Wildman–Crippen LogP) is 3.62. The highest BCUT2D eigenvalue weighted by molar-refractivity contribution is 5.74. The number of hydrogen-bond donors (Lipinski definition) is 2. The first-order valence-corrected chi connectivity index (χ1v) is 9.51. The summed E-state index contributed by atoms with van der Waals surface area (Å²) in [5.41, 5.74) is 2.54. The van der Waals surface area contributed by atoms with Gasteiger partial charge in [-0.05, 0) is 36.3 Å². The molecule has 4 nitrogen and oxygen atoms in total. The molecule has 0 saturated carbocycles. The van der Waals surface area contributed by atoms with Crippen molar-refractivity contribution in [3.05, 3.63) is 71.8 Å². The molecular weight excluding hydrogens is 324 g/mol. The van der Waals surface area contributed by atoms with Crippen LogP contribution in [0.5, 0.6) is 0 Å². The van der Waals surface area contributed by atoms with E-state index in [1.807, 2.05) is 17.0 Å². The molecule has 3 rings (SSSR count). The van der Waals surface area contributed by atoms with Crippen LogP contribution in [-0.4, -0.2) is 42.3 Å². The standard InChI is InChI=1S/C22H28N2O2/c25-17-18-8-7-15-24(16-18)22(26)23-14-13-21(19-9-3-1-4-10-19)20-11-5-2-6-12-20/h1-6,9-12,18,21,25H,7-8,13-17H2,(H,23,26). The normalized spacial score (nSPS) is 17.3. The minimum atomic E-state index is -0.0111. The van der Waals surface area contributed by atoms with E-state index in [1.54, 1.807) is 0 Å². The van der Waals surface area contributed by atoms with E-state index in [1.165, 1.54) is 11.1 Å². The van der Waals surface area contributed by atoms with Gasteiger partial charge in [-0.1, -0.05) is 60.7 Å². The number of aliphatic hydroxyl groups is 1. The molecule has 2 N–H and O–H groups in total. The maximum absolute atomic E-state index is 12.4. The zero-order valence-corrected chi connectivity index (χ0v) is 15.2. The Labute approximate surface area is 155 Å². The van der Waals surface area contributed by atoms with Gasteiger partial charge in [0.15, 0.2) is 0 Å². The first-order valence-electron chi connectivity index (χ1n) is 9.51. The topological polar surface area (TPSA) is 52.6 Å². The molecule has 0 bridgehead atoms. The van der Waals surface area contributed by atoms with Gasteiger partial charge in [0.25, 0.3) is 0 Å². The lowest BCUT2D eigenvalue weighted by Crippen LogP contribution is -2.46. The molecule has 1 heterocycles. The molecule has 138 valence electrons. The average Bonchev–Trinajstić information content (AvgIpc) is 2.72. The van der Waals surface area contributed by atoms with Crippen LogP contribution in [0.4, 0.5) is 4.79 Å². The third-order valence-corrected chi connectivity index (χ3v) is 5.18. The van der Waals surface area contributed by atoms with Crippen molar-refractivity contribution in [3.8, 4) is 0 Å². The van der Waals surface area contributed by atoms with Gasteiger partial charge in [0.05, 0.1) is 0 Å². The molecule has 1 aliphatic rings. The second-order valence-corrected chi connectivity index (χ2v) is 7.03. The van der Waals surface area contributed by atoms with Gasteiger partial charge in [-0.3, -0.25) is 0 Å². The van der Waals surface area contributed by atoms with Crippen molar-refractivity contribution in [1.29, 1.82) is 0 Å². The van der Waals surface area contributed by atoms with Crippen LogP contribution in [0.15, 0.2) is 60.7 Å². The number of carbonyl (C=O) groups is 1. The fraction of sp³-hybridized carbons (Fsp3) is 0.409. The first kappa shape index (κ1) is 18.5. The van der Waals surface area contributed by atoms with Crippen LogP contribution in [0.1, 0.15) is 36.3 Å². The molecule has 0 radical (unpaired) electrons. The highest BCUT2D eigenvalue weighted by Gasteiger charge is 2.23. The summed E-state index contributed by atoms with van der Waals surface area (Å²) in [4.78, 5) is 14.3. The fourth-order valence-electron chi connectivity index (χ4n) is 3.73. The summed E-state index contributed by atoms with van der Waals surface area (Å²) in [7, 11) is 0. The van der Waals surface area contributed by atoms with E-state index in [4.69, 9.17) is 0 Å². The molecular formula is C22H28N2O2. The maximum Gasteiger partial charge on any atom is 0.317 e. The Balaban J connectivity index is 1.59. The lowest BCUT2D eigenvalue weighted by molar-refractivity contribution is 0.129. The number of benzene rings is 2. The van der Waals surface area contributed by atoms with E-state index < -0.39 is 0 Å². The van der Waals surface area contributed by atoms with Gasteiger partial charge in [-0.2, -0.15) is 0 Å². The van der Waals surface area contributed by atoms with Crippen LogP contribution in [0, 0.1) is 5.92 Å². The molecule has 1 atom stereocenters. The van der Waals surface area contributed by atoms with Crippen molar-refractivity contribution in [2.45, 2.75) is 25.2 Å². The molecule has 26 heavy (non-hydrogen) atoms. The Morgan fingerprint density at radius 3 is 2.27 bits per heavy atom. The lowest BCUT2D eigenvalue weighted by atomic mass is 9.88. The monoisotopic (exact) mass is 352 g/mol. The van der Waals surface area contributed by atoms with Gasteiger partial charge < -0.3 is 15.3 Å². The number of piperidine rings is 1. The zero-order valence-electron chi connectivity index (χ0n) is 15.2. The number of rotatable bonds is 6. The lowest BCUT2D eigenvalue weighted by Gasteiger charge is -2.32. The summed E-state index contributed by atoms with van der Waals surface area (Å²) in [5, 5.41) is 12.4. The molecule has 1 saturated heterocycles. The highest BCUT2D eigenvalue weighted by Crippen LogP contribution is 2.27. The van der Waals surface area contributed by atoms with Gasteiger partial charge in [0.1, 0.15) is 0 Å². The molecule has 4 heteroatoms. The molecule has 2 amide bonds. The van der Waals surface area contributed by atoms with Gasteiger partial charge in [0, 0.05) is 32.2 Å². The summed E-state index contributed by atoms with van der Waals surface area (Å²) >= 11 is 0. The molecule has 2 aromatic carbocycles. The molecule has 1 aliphatic heterocycles. The third-order valence-electron chi connectivity index (χ3n) is 5.18. The van der Waals surface area contributed by atoms with Gasteiger partial charge in [0.2, 0.25) is 0 Å². The Morgan fingerprint density at radius 2 is 1.69 bits per heavy atom. The van der Waals surface area contributed by atoms with Gasteiger partial charge >= 0.3 is 6.03 Å². The number of nitrogens with one attached hydrogen (secondary N) is 1. The number of amides is 2. The van der Waals surface area contributed by atoms with Gasteiger partial charge in [-0.15, -0.1) is 0 Å². The van der Waals surface area contributed by atoms with Crippen molar-refractivity contribution >= 4 is 6.03 Å². The van der Waals surface area contributed by atoms with E-state index in [-0.39, 0.29) is 24.5 Å². The van der Waals surface area contributed by atoms with Crippen LogP contribution < -0.4 is 5.32 Å². The number of urea groups is 1. The average molecular weight is 352 g/mol. The summed E-state index contributed by atoms with van der Waals surface area (Å²) in [6.07, 6.45) is 2.83.